The van der Waals surface area contributed by atoms with E-state index < -0.39 is 47.3 Å². The summed E-state index contributed by atoms with van der Waals surface area (Å²) < 4.78 is 50.5. The molecule has 8 nitrogen and oxygen atoms in total. The number of aliphatic carboxylic acids is 1. The standard InChI is InChI=1S/C20H15F3N2O6/c21-20(22,23)13-7-11(9-16-17(26)25-19(29)31-16)3-6-15(13)30-12-4-1-10(2-5-12)8-14(24)18(27)28/h1-7,9,14H,8,24H2,(H,27,28)(H,25,26,29)/b16-9-. The maximum Gasteiger partial charge on any atom is 0.420 e. The number of amides is 2. The highest BCUT2D eigenvalue weighted by atomic mass is 19.4. The van der Waals surface area contributed by atoms with E-state index in [0.717, 1.165) is 18.2 Å². The van der Waals surface area contributed by atoms with Crippen molar-refractivity contribution in [2.45, 2.75) is 18.6 Å². The summed E-state index contributed by atoms with van der Waals surface area (Å²) in [6.45, 7) is 0. The smallest absolute Gasteiger partial charge is 0.420 e. The molecule has 1 unspecified atom stereocenters. The zero-order valence-electron chi connectivity index (χ0n) is 15.6. The van der Waals surface area contributed by atoms with Crippen LogP contribution in [0.4, 0.5) is 18.0 Å². The normalized spacial score (nSPS) is 16.1. The zero-order valence-corrected chi connectivity index (χ0v) is 15.6. The van der Waals surface area contributed by atoms with E-state index >= 15 is 0 Å². The summed E-state index contributed by atoms with van der Waals surface area (Å²) in [6.07, 6.45) is -4.74. The van der Waals surface area contributed by atoms with Gasteiger partial charge in [-0.05, 0) is 47.9 Å². The van der Waals surface area contributed by atoms with Gasteiger partial charge in [-0.3, -0.25) is 14.9 Å². The Balaban J connectivity index is 1.84. The van der Waals surface area contributed by atoms with Gasteiger partial charge in [-0.25, -0.2) is 4.79 Å². The van der Waals surface area contributed by atoms with Crippen molar-refractivity contribution in [3.05, 3.63) is 64.9 Å². The van der Waals surface area contributed by atoms with Crippen LogP contribution in [0.15, 0.2) is 48.2 Å². The lowest BCUT2D eigenvalue weighted by Crippen LogP contribution is -2.32. The Bertz CT molecular complexity index is 1060. The van der Waals surface area contributed by atoms with Crippen molar-refractivity contribution in [1.82, 2.24) is 5.32 Å². The summed E-state index contributed by atoms with van der Waals surface area (Å²) in [7, 11) is 0. The number of carbonyl (C=O) groups is 3. The van der Waals surface area contributed by atoms with E-state index in [-0.39, 0.29) is 17.7 Å². The van der Waals surface area contributed by atoms with Crippen LogP contribution in [0.25, 0.3) is 6.08 Å². The second-order valence-electron chi connectivity index (χ2n) is 6.50. The van der Waals surface area contributed by atoms with Gasteiger partial charge in [0.25, 0.3) is 5.91 Å². The van der Waals surface area contributed by atoms with Gasteiger partial charge in [-0.15, -0.1) is 0 Å². The fraction of sp³-hybridized carbons (Fsp3) is 0.150. The molecule has 1 saturated heterocycles. The number of imide groups is 1. The third-order valence-electron chi connectivity index (χ3n) is 4.17. The van der Waals surface area contributed by atoms with E-state index in [1.54, 1.807) is 0 Å². The molecule has 31 heavy (non-hydrogen) atoms. The average Bonchev–Trinajstić information content (AvgIpc) is 3.00. The van der Waals surface area contributed by atoms with Crippen LogP contribution in [-0.4, -0.2) is 29.1 Å². The molecule has 162 valence electrons. The van der Waals surface area contributed by atoms with Crippen molar-refractivity contribution in [2.75, 3.05) is 0 Å². The van der Waals surface area contributed by atoms with E-state index in [2.05, 4.69) is 4.74 Å². The van der Waals surface area contributed by atoms with Gasteiger partial charge < -0.3 is 20.3 Å². The lowest BCUT2D eigenvalue weighted by Gasteiger charge is -2.15. The molecule has 0 spiro atoms. The van der Waals surface area contributed by atoms with Crippen LogP contribution in [0.5, 0.6) is 11.5 Å². The number of alkyl carbamates (subject to hydrolysis) is 1. The second kappa shape index (κ2) is 8.48. The van der Waals surface area contributed by atoms with E-state index in [1.165, 1.54) is 30.3 Å². The SMILES string of the molecule is NC(Cc1ccc(Oc2ccc(/C=C3\OC(=O)NC3=O)cc2C(F)(F)F)cc1)C(=O)O. The minimum absolute atomic E-state index is 0.0301. The Morgan fingerprint density at radius 3 is 2.42 bits per heavy atom. The number of ether oxygens (including phenoxy) is 2. The Morgan fingerprint density at radius 2 is 1.87 bits per heavy atom. The first-order valence-corrected chi connectivity index (χ1v) is 8.74. The summed E-state index contributed by atoms with van der Waals surface area (Å²) in [5.41, 5.74) is 4.89. The molecule has 2 amide bonds. The van der Waals surface area contributed by atoms with Crippen LogP contribution in [0.3, 0.4) is 0 Å². The van der Waals surface area contributed by atoms with Gasteiger partial charge in [-0.1, -0.05) is 18.2 Å². The van der Waals surface area contributed by atoms with Gasteiger partial charge in [0.15, 0.2) is 5.76 Å². The van der Waals surface area contributed by atoms with Crippen molar-refractivity contribution in [2.24, 2.45) is 5.73 Å². The number of cyclic esters (lactones) is 1. The number of hydrogen-bond acceptors (Lipinski definition) is 6. The summed E-state index contributed by atoms with van der Waals surface area (Å²) in [5, 5.41) is 10.7. The predicted octanol–water partition coefficient (Wildman–Crippen LogP) is 3.06. The van der Waals surface area contributed by atoms with Crippen LogP contribution in [-0.2, 0) is 26.9 Å². The minimum atomic E-state index is -4.77. The Labute approximate surface area is 173 Å². The third kappa shape index (κ3) is 5.39. The Morgan fingerprint density at radius 1 is 1.19 bits per heavy atom. The topological polar surface area (TPSA) is 128 Å². The maximum atomic E-state index is 13.5. The molecule has 0 aliphatic carbocycles. The van der Waals surface area contributed by atoms with Crippen LogP contribution in [0.2, 0.25) is 0 Å². The molecule has 1 heterocycles. The molecule has 1 fully saturated rings. The average molecular weight is 436 g/mol. The molecule has 11 heteroatoms. The molecule has 0 aromatic heterocycles. The molecule has 0 radical (unpaired) electrons. The quantitative estimate of drug-likeness (QED) is 0.594. The number of carboxylic acid groups (broad SMARTS) is 1. The van der Waals surface area contributed by atoms with Crippen LogP contribution in [0, 0.1) is 0 Å². The second-order valence-corrected chi connectivity index (χ2v) is 6.50. The van der Waals surface area contributed by atoms with Gasteiger partial charge in [0.05, 0.1) is 5.56 Å². The number of alkyl halides is 3. The van der Waals surface area contributed by atoms with Crippen molar-refractivity contribution < 1.29 is 42.1 Å². The first-order valence-electron chi connectivity index (χ1n) is 8.74. The molecule has 2 aromatic rings. The van der Waals surface area contributed by atoms with E-state index in [1.807, 2.05) is 5.32 Å². The monoisotopic (exact) mass is 436 g/mol. The minimum Gasteiger partial charge on any atom is -0.480 e. The molecular weight excluding hydrogens is 421 g/mol. The highest BCUT2D eigenvalue weighted by Gasteiger charge is 2.35. The van der Waals surface area contributed by atoms with E-state index in [0.29, 0.717) is 5.56 Å². The third-order valence-corrected chi connectivity index (χ3v) is 4.17. The molecule has 2 aromatic carbocycles. The van der Waals surface area contributed by atoms with Crippen molar-refractivity contribution >= 4 is 24.0 Å². The number of halogens is 3. The number of hydrogen-bond donors (Lipinski definition) is 3. The molecule has 0 bridgehead atoms. The van der Waals surface area contributed by atoms with Gasteiger partial charge >= 0.3 is 18.2 Å². The molecule has 1 atom stereocenters. The van der Waals surface area contributed by atoms with Crippen molar-refractivity contribution in [3.63, 3.8) is 0 Å². The fourth-order valence-corrected chi connectivity index (χ4v) is 2.68. The Hall–Kier alpha value is -3.86. The molecule has 0 saturated carbocycles. The summed E-state index contributed by atoms with van der Waals surface area (Å²) >= 11 is 0. The molecule has 1 aliphatic heterocycles. The van der Waals surface area contributed by atoms with Crippen LogP contribution in [0.1, 0.15) is 16.7 Å². The van der Waals surface area contributed by atoms with Crippen LogP contribution >= 0.6 is 0 Å². The molecule has 4 N–H and O–H groups in total. The summed E-state index contributed by atoms with van der Waals surface area (Å²) in [4.78, 5) is 33.3. The number of carboxylic acids is 1. The number of carbonyl (C=O) groups excluding carboxylic acids is 2. The maximum absolute atomic E-state index is 13.5. The predicted molar refractivity (Wildman–Crippen MR) is 99.9 cm³/mol. The fourth-order valence-electron chi connectivity index (χ4n) is 2.68. The highest BCUT2D eigenvalue weighted by molar-refractivity contribution is 6.09. The Kier molecular flexibility index (Phi) is 5.97. The van der Waals surface area contributed by atoms with Gasteiger partial charge in [-0.2, -0.15) is 13.2 Å². The molecular formula is C20H15F3N2O6. The number of nitrogens with one attached hydrogen (secondary N) is 1. The van der Waals surface area contributed by atoms with Crippen molar-refractivity contribution in [1.29, 1.82) is 0 Å². The number of nitrogens with two attached hydrogens (primary N) is 1. The lowest BCUT2D eigenvalue weighted by molar-refractivity contribution is -0.139. The van der Waals surface area contributed by atoms with E-state index in [9.17, 15) is 27.6 Å². The summed E-state index contributed by atoms with van der Waals surface area (Å²) in [5.74, 6) is -2.86. The highest BCUT2D eigenvalue weighted by Crippen LogP contribution is 2.39. The first-order chi connectivity index (χ1) is 14.5. The molecule has 1 aliphatic rings. The molecule has 3 rings (SSSR count). The van der Waals surface area contributed by atoms with Gasteiger partial charge in [0.2, 0.25) is 0 Å². The zero-order chi connectivity index (χ0) is 22.8. The van der Waals surface area contributed by atoms with Gasteiger partial charge in [0, 0.05) is 0 Å². The largest absolute Gasteiger partial charge is 0.480 e. The van der Waals surface area contributed by atoms with Crippen LogP contribution < -0.4 is 15.8 Å². The van der Waals surface area contributed by atoms with Crippen molar-refractivity contribution in [3.8, 4) is 11.5 Å². The van der Waals surface area contributed by atoms with Gasteiger partial charge in [0.1, 0.15) is 17.5 Å². The number of benzene rings is 2. The lowest BCUT2D eigenvalue weighted by atomic mass is 10.1. The first kappa shape index (κ1) is 21.8. The summed E-state index contributed by atoms with van der Waals surface area (Å²) in [6, 6.07) is 7.75. The number of rotatable bonds is 6. The van der Waals surface area contributed by atoms with E-state index in [4.69, 9.17) is 15.6 Å².